The fourth-order valence-corrected chi connectivity index (χ4v) is 1.97. The largest absolute Gasteiger partial charge is 0.465 e. The smallest absolute Gasteiger partial charge is 0.411 e. The van der Waals surface area contributed by atoms with Crippen molar-refractivity contribution in [3.63, 3.8) is 0 Å². The van der Waals surface area contributed by atoms with Crippen molar-refractivity contribution in [3.05, 3.63) is 23.8 Å². The summed E-state index contributed by atoms with van der Waals surface area (Å²) in [4.78, 5) is 23.3. The number of nitrogens with two attached hydrogens (primary N) is 2. The first-order valence-corrected chi connectivity index (χ1v) is 4.70. The molecule has 0 saturated heterocycles. The third-order valence-electron chi connectivity index (χ3n) is 2.70. The van der Waals surface area contributed by atoms with Gasteiger partial charge >= 0.3 is 6.09 Å². The van der Waals surface area contributed by atoms with Gasteiger partial charge in [-0.05, 0) is 12.1 Å². The van der Waals surface area contributed by atoms with Gasteiger partial charge in [0.2, 0.25) is 5.91 Å². The molecule has 0 aromatic heterocycles. The van der Waals surface area contributed by atoms with Crippen LogP contribution in [0, 0.1) is 0 Å². The average molecular weight is 221 g/mol. The summed E-state index contributed by atoms with van der Waals surface area (Å²) in [6.45, 7) is 0.0359. The summed E-state index contributed by atoms with van der Waals surface area (Å²) >= 11 is 0. The number of carboxylic acid groups (broad SMARTS) is 1. The molecule has 1 heterocycles. The van der Waals surface area contributed by atoms with E-state index in [1.54, 1.807) is 18.2 Å². The average Bonchev–Trinajstić information content (AvgIpc) is 2.58. The number of nitrogens with zero attached hydrogens (tertiary/aromatic N) is 1. The second-order valence-electron chi connectivity index (χ2n) is 3.63. The Kier molecular flexibility index (Phi) is 2.19. The lowest BCUT2D eigenvalue weighted by Gasteiger charge is -2.12. The maximum absolute atomic E-state index is 11.2. The van der Waals surface area contributed by atoms with Gasteiger partial charge in [-0.1, -0.05) is 6.07 Å². The fraction of sp³-hybridized carbons (Fsp3) is 0.200. The van der Waals surface area contributed by atoms with Crippen LogP contribution in [0.2, 0.25) is 0 Å². The number of amides is 2. The number of benzene rings is 1. The molecular formula is C10H11N3O3. The van der Waals surface area contributed by atoms with Crippen molar-refractivity contribution in [1.82, 2.24) is 0 Å². The van der Waals surface area contributed by atoms with Crippen molar-refractivity contribution in [3.8, 4) is 0 Å². The third kappa shape index (κ3) is 1.35. The van der Waals surface area contributed by atoms with Gasteiger partial charge in [0, 0.05) is 17.8 Å². The quantitative estimate of drug-likeness (QED) is 0.593. The third-order valence-corrected chi connectivity index (χ3v) is 2.70. The van der Waals surface area contributed by atoms with Crippen LogP contribution in [0.15, 0.2) is 18.2 Å². The number of rotatable bonds is 1. The van der Waals surface area contributed by atoms with E-state index in [9.17, 15) is 9.59 Å². The molecule has 1 unspecified atom stereocenters. The molecule has 0 spiro atoms. The summed E-state index contributed by atoms with van der Waals surface area (Å²) in [6.07, 6.45) is -1.12. The molecule has 84 valence electrons. The summed E-state index contributed by atoms with van der Waals surface area (Å²) < 4.78 is 0. The van der Waals surface area contributed by atoms with Gasteiger partial charge in [0.15, 0.2) is 0 Å². The number of nitrogen functional groups attached to an aromatic ring is 1. The van der Waals surface area contributed by atoms with E-state index in [2.05, 4.69) is 0 Å². The number of primary amides is 1. The first kappa shape index (κ1) is 10.3. The Labute approximate surface area is 91.4 Å². The molecule has 0 fully saturated rings. The van der Waals surface area contributed by atoms with E-state index in [-0.39, 0.29) is 6.54 Å². The summed E-state index contributed by atoms with van der Waals surface area (Å²) in [7, 11) is 0. The lowest BCUT2D eigenvalue weighted by Crippen LogP contribution is -2.31. The molecule has 0 radical (unpaired) electrons. The highest BCUT2D eigenvalue weighted by Crippen LogP contribution is 2.39. The van der Waals surface area contributed by atoms with Crippen LogP contribution in [0.4, 0.5) is 16.2 Å². The number of carbonyl (C=O) groups is 2. The number of hydrogen-bond acceptors (Lipinski definition) is 3. The molecule has 0 aliphatic carbocycles. The predicted octanol–water partition coefficient (Wildman–Crippen LogP) is 0.336. The van der Waals surface area contributed by atoms with Crippen LogP contribution >= 0.6 is 0 Å². The van der Waals surface area contributed by atoms with Gasteiger partial charge in [-0.3, -0.25) is 9.69 Å². The highest BCUT2D eigenvalue weighted by molar-refractivity contribution is 5.97. The summed E-state index contributed by atoms with van der Waals surface area (Å²) in [5.41, 5.74) is 12.3. The molecule has 0 bridgehead atoms. The lowest BCUT2D eigenvalue weighted by molar-refractivity contribution is -0.119. The Bertz CT molecular complexity index is 472. The second-order valence-corrected chi connectivity index (χ2v) is 3.63. The standard InChI is InChI=1S/C10H11N3O3/c11-6-2-1-3-7-8(6)5(9(12)14)4-13(7)10(15)16/h1-3,5H,4,11H2,(H2,12,14)(H,15,16). The van der Waals surface area contributed by atoms with Crippen molar-refractivity contribution < 1.29 is 14.7 Å². The van der Waals surface area contributed by atoms with Gasteiger partial charge in [-0.25, -0.2) is 4.79 Å². The molecule has 1 aromatic rings. The van der Waals surface area contributed by atoms with Crippen molar-refractivity contribution in [2.24, 2.45) is 5.73 Å². The van der Waals surface area contributed by atoms with E-state index in [0.29, 0.717) is 16.9 Å². The minimum Gasteiger partial charge on any atom is -0.465 e. The molecule has 2 amide bonds. The van der Waals surface area contributed by atoms with E-state index in [1.165, 1.54) is 0 Å². The van der Waals surface area contributed by atoms with E-state index in [4.69, 9.17) is 16.6 Å². The summed E-state index contributed by atoms with van der Waals surface area (Å²) in [5.74, 6) is -1.23. The van der Waals surface area contributed by atoms with E-state index in [1.807, 2.05) is 0 Å². The topological polar surface area (TPSA) is 110 Å². The molecule has 1 aliphatic rings. The van der Waals surface area contributed by atoms with E-state index >= 15 is 0 Å². The van der Waals surface area contributed by atoms with Crippen molar-refractivity contribution in [2.45, 2.75) is 5.92 Å². The maximum Gasteiger partial charge on any atom is 0.411 e. The zero-order valence-corrected chi connectivity index (χ0v) is 8.38. The minimum absolute atomic E-state index is 0.0359. The monoisotopic (exact) mass is 221 g/mol. The second kappa shape index (κ2) is 3.41. The first-order valence-electron chi connectivity index (χ1n) is 4.70. The maximum atomic E-state index is 11.2. The molecule has 1 atom stereocenters. The summed E-state index contributed by atoms with van der Waals surface area (Å²) in [5, 5.41) is 8.98. The SMILES string of the molecule is NC(=O)C1CN(C(=O)O)c2cccc(N)c21. The number of anilines is 2. The molecule has 1 aromatic carbocycles. The lowest BCUT2D eigenvalue weighted by atomic mass is 9.99. The molecule has 1 aliphatic heterocycles. The highest BCUT2D eigenvalue weighted by atomic mass is 16.4. The molecule has 2 rings (SSSR count). The van der Waals surface area contributed by atoms with Crippen LogP contribution in [0.25, 0.3) is 0 Å². The number of fused-ring (bicyclic) bond motifs is 1. The van der Waals surface area contributed by atoms with Gasteiger partial charge in [0.05, 0.1) is 11.6 Å². The summed E-state index contributed by atoms with van der Waals surface area (Å²) in [6, 6.07) is 4.89. The van der Waals surface area contributed by atoms with Crippen LogP contribution in [0.1, 0.15) is 11.5 Å². The van der Waals surface area contributed by atoms with Crippen LogP contribution in [0.5, 0.6) is 0 Å². The Morgan fingerprint density at radius 1 is 1.44 bits per heavy atom. The Balaban J connectivity index is 2.57. The van der Waals surface area contributed by atoms with E-state index in [0.717, 1.165) is 4.90 Å². The molecule has 0 saturated carbocycles. The predicted molar refractivity (Wildman–Crippen MR) is 58.2 cm³/mol. The zero-order chi connectivity index (χ0) is 11.9. The van der Waals surface area contributed by atoms with Gasteiger partial charge in [-0.2, -0.15) is 0 Å². The van der Waals surface area contributed by atoms with Gasteiger partial charge in [0.25, 0.3) is 0 Å². The van der Waals surface area contributed by atoms with Crippen molar-refractivity contribution in [1.29, 1.82) is 0 Å². The molecular weight excluding hydrogens is 210 g/mol. The minimum atomic E-state index is -1.12. The Hall–Kier alpha value is -2.24. The van der Waals surface area contributed by atoms with Gasteiger partial charge in [0.1, 0.15) is 0 Å². The van der Waals surface area contributed by atoms with Gasteiger partial charge < -0.3 is 16.6 Å². The van der Waals surface area contributed by atoms with Crippen molar-refractivity contribution >= 4 is 23.4 Å². The zero-order valence-electron chi connectivity index (χ0n) is 8.38. The fourth-order valence-electron chi connectivity index (χ4n) is 1.97. The molecule has 6 nitrogen and oxygen atoms in total. The van der Waals surface area contributed by atoms with Crippen LogP contribution in [-0.2, 0) is 4.79 Å². The van der Waals surface area contributed by atoms with Crippen LogP contribution in [0.3, 0.4) is 0 Å². The van der Waals surface area contributed by atoms with Crippen LogP contribution in [-0.4, -0.2) is 23.7 Å². The molecule has 6 heteroatoms. The van der Waals surface area contributed by atoms with Crippen molar-refractivity contribution in [2.75, 3.05) is 17.2 Å². The first-order chi connectivity index (χ1) is 7.52. The Morgan fingerprint density at radius 3 is 2.69 bits per heavy atom. The molecule has 5 N–H and O–H groups in total. The molecule has 16 heavy (non-hydrogen) atoms. The normalized spacial score (nSPS) is 18.2. The Morgan fingerprint density at radius 2 is 2.12 bits per heavy atom. The van der Waals surface area contributed by atoms with Gasteiger partial charge in [-0.15, -0.1) is 0 Å². The van der Waals surface area contributed by atoms with Crippen LogP contribution < -0.4 is 16.4 Å². The number of hydrogen-bond donors (Lipinski definition) is 3. The highest BCUT2D eigenvalue weighted by Gasteiger charge is 2.36. The number of carbonyl (C=O) groups excluding carboxylic acids is 1. The van der Waals surface area contributed by atoms with E-state index < -0.39 is 17.9 Å².